The quantitative estimate of drug-likeness (QED) is 0.815. The van der Waals surface area contributed by atoms with Crippen molar-refractivity contribution >= 4 is 5.97 Å². The van der Waals surface area contributed by atoms with Gasteiger partial charge >= 0.3 is 5.97 Å². The molecular formula is C15H16O4. The predicted molar refractivity (Wildman–Crippen MR) is 72.2 cm³/mol. The molecule has 0 amide bonds. The van der Waals surface area contributed by atoms with Crippen molar-refractivity contribution in [1.29, 1.82) is 0 Å². The molecule has 19 heavy (non-hydrogen) atoms. The molecule has 0 radical (unpaired) electrons. The lowest BCUT2D eigenvalue weighted by molar-refractivity contribution is 0.0526. The van der Waals surface area contributed by atoms with Crippen LogP contribution in [0.25, 0.3) is 0 Å². The number of benzene rings is 2. The third-order valence-corrected chi connectivity index (χ3v) is 2.13. The van der Waals surface area contributed by atoms with E-state index in [2.05, 4.69) is 0 Å². The largest absolute Gasteiger partial charge is 0.508 e. The molecule has 2 aromatic rings. The summed E-state index contributed by atoms with van der Waals surface area (Å²) >= 11 is 0. The average molecular weight is 260 g/mol. The molecule has 0 fully saturated rings. The lowest BCUT2D eigenvalue weighted by atomic mass is 10.2. The highest BCUT2D eigenvalue weighted by Gasteiger charge is 2.04. The van der Waals surface area contributed by atoms with Gasteiger partial charge in [0.2, 0.25) is 0 Å². The van der Waals surface area contributed by atoms with Gasteiger partial charge in [0, 0.05) is 0 Å². The van der Waals surface area contributed by atoms with E-state index in [1.54, 1.807) is 31.2 Å². The van der Waals surface area contributed by atoms with Crippen LogP contribution in [-0.4, -0.2) is 22.8 Å². The zero-order chi connectivity index (χ0) is 14.1. The Morgan fingerprint density at radius 3 is 1.89 bits per heavy atom. The smallest absolute Gasteiger partial charge is 0.338 e. The van der Waals surface area contributed by atoms with Crippen LogP contribution >= 0.6 is 0 Å². The molecule has 2 N–H and O–H groups in total. The molecule has 0 aliphatic heterocycles. The monoisotopic (exact) mass is 260 g/mol. The molecule has 0 saturated carbocycles. The van der Waals surface area contributed by atoms with Crippen molar-refractivity contribution in [1.82, 2.24) is 0 Å². The Morgan fingerprint density at radius 1 is 0.947 bits per heavy atom. The van der Waals surface area contributed by atoms with Gasteiger partial charge in [0.1, 0.15) is 11.5 Å². The van der Waals surface area contributed by atoms with Crippen LogP contribution in [0.2, 0.25) is 0 Å². The third kappa shape index (κ3) is 5.59. The second-order valence-electron chi connectivity index (χ2n) is 3.60. The highest BCUT2D eigenvalue weighted by molar-refractivity contribution is 5.89. The molecule has 0 aromatic heterocycles. The first-order chi connectivity index (χ1) is 9.13. The summed E-state index contributed by atoms with van der Waals surface area (Å²) in [4.78, 5) is 11.1. The minimum atomic E-state index is -0.363. The van der Waals surface area contributed by atoms with Gasteiger partial charge in [-0.2, -0.15) is 0 Å². The van der Waals surface area contributed by atoms with Crippen molar-refractivity contribution in [2.75, 3.05) is 6.61 Å². The van der Waals surface area contributed by atoms with E-state index in [-0.39, 0.29) is 11.7 Å². The minimum absolute atomic E-state index is 0.142. The van der Waals surface area contributed by atoms with Crippen LogP contribution in [0.5, 0.6) is 11.5 Å². The van der Waals surface area contributed by atoms with Crippen molar-refractivity contribution in [2.24, 2.45) is 0 Å². The fourth-order valence-corrected chi connectivity index (χ4v) is 1.24. The molecule has 0 bridgehead atoms. The van der Waals surface area contributed by atoms with E-state index >= 15 is 0 Å². The summed E-state index contributed by atoms with van der Waals surface area (Å²) in [6.07, 6.45) is 0. The maximum atomic E-state index is 11.1. The normalized spacial score (nSPS) is 9.11. The zero-order valence-corrected chi connectivity index (χ0v) is 10.6. The molecule has 2 rings (SSSR count). The van der Waals surface area contributed by atoms with Crippen LogP contribution in [0, 0.1) is 0 Å². The number of hydrogen-bond acceptors (Lipinski definition) is 4. The van der Waals surface area contributed by atoms with Gasteiger partial charge in [-0.25, -0.2) is 4.79 Å². The Bertz CT molecular complexity index is 491. The Labute approximate surface area is 111 Å². The van der Waals surface area contributed by atoms with E-state index in [0.29, 0.717) is 17.9 Å². The number of hydrogen-bond donors (Lipinski definition) is 2. The maximum absolute atomic E-state index is 11.1. The summed E-state index contributed by atoms with van der Waals surface area (Å²) in [5.41, 5.74) is 0.453. The molecule has 0 unspecified atom stereocenters. The Hall–Kier alpha value is -2.49. The van der Waals surface area contributed by atoms with Gasteiger partial charge in [0.25, 0.3) is 0 Å². The topological polar surface area (TPSA) is 66.8 Å². The van der Waals surface area contributed by atoms with Crippen LogP contribution in [0.15, 0.2) is 54.6 Å². The number of para-hydroxylation sites is 1. The van der Waals surface area contributed by atoms with Gasteiger partial charge in [-0.3, -0.25) is 0 Å². The average Bonchev–Trinajstić information content (AvgIpc) is 2.41. The third-order valence-electron chi connectivity index (χ3n) is 2.13. The van der Waals surface area contributed by atoms with E-state index in [0.717, 1.165) is 0 Å². The van der Waals surface area contributed by atoms with Gasteiger partial charge in [-0.15, -0.1) is 0 Å². The fraction of sp³-hybridized carbons (Fsp3) is 0.133. The predicted octanol–water partition coefficient (Wildman–Crippen LogP) is 2.96. The molecule has 0 aliphatic carbocycles. The molecule has 0 spiro atoms. The first-order valence-electron chi connectivity index (χ1n) is 5.83. The number of phenols is 2. The molecule has 4 heteroatoms. The standard InChI is InChI=1S/C9H10O3.C6H6O/c1-2-12-9(11)7-3-5-8(10)6-4-7;7-6-4-2-1-3-5-6/h3-6,10H,2H2,1H3;1-5,7H. The number of carbonyl (C=O) groups is 1. The summed E-state index contributed by atoms with van der Waals surface area (Å²) in [5.74, 6) is 0.100. The second kappa shape index (κ2) is 7.76. The summed E-state index contributed by atoms with van der Waals surface area (Å²) in [7, 11) is 0. The molecule has 0 atom stereocenters. The SMILES string of the molecule is CCOC(=O)c1ccc(O)cc1.Oc1ccccc1. The van der Waals surface area contributed by atoms with Gasteiger partial charge in [0.15, 0.2) is 0 Å². The first kappa shape index (κ1) is 14.6. The maximum Gasteiger partial charge on any atom is 0.338 e. The van der Waals surface area contributed by atoms with Gasteiger partial charge in [-0.1, -0.05) is 18.2 Å². The molecule has 0 saturated heterocycles. The van der Waals surface area contributed by atoms with Crippen LogP contribution in [0.3, 0.4) is 0 Å². The molecule has 4 nitrogen and oxygen atoms in total. The number of aromatic hydroxyl groups is 2. The number of carbonyl (C=O) groups excluding carboxylic acids is 1. The van der Waals surface area contributed by atoms with E-state index in [4.69, 9.17) is 14.9 Å². The van der Waals surface area contributed by atoms with Crippen molar-refractivity contribution in [3.63, 3.8) is 0 Å². The van der Waals surface area contributed by atoms with E-state index in [9.17, 15) is 4.79 Å². The van der Waals surface area contributed by atoms with Crippen molar-refractivity contribution in [3.8, 4) is 11.5 Å². The Balaban J connectivity index is 0.000000218. The van der Waals surface area contributed by atoms with Crippen LogP contribution in [-0.2, 0) is 4.74 Å². The van der Waals surface area contributed by atoms with Crippen molar-refractivity contribution in [2.45, 2.75) is 6.92 Å². The molecule has 100 valence electrons. The number of esters is 1. The van der Waals surface area contributed by atoms with Crippen LogP contribution in [0.4, 0.5) is 0 Å². The second-order valence-corrected chi connectivity index (χ2v) is 3.60. The van der Waals surface area contributed by atoms with Gasteiger partial charge in [-0.05, 0) is 43.3 Å². The highest BCUT2D eigenvalue weighted by Crippen LogP contribution is 2.10. The Kier molecular flexibility index (Phi) is 5.95. The summed E-state index contributed by atoms with van der Waals surface area (Å²) in [6, 6.07) is 14.7. The fourth-order valence-electron chi connectivity index (χ4n) is 1.24. The van der Waals surface area contributed by atoms with Crippen LogP contribution in [0.1, 0.15) is 17.3 Å². The molecule has 0 aliphatic rings. The van der Waals surface area contributed by atoms with Crippen molar-refractivity contribution in [3.05, 3.63) is 60.2 Å². The van der Waals surface area contributed by atoms with Gasteiger partial charge < -0.3 is 14.9 Å². The summed E-state index contributed by atoms with van der Waals surface area (Å²) < 4.78 is 4.75. The Morgan fingerprint density at radius 2 is 1.47 bits per heavy atom. The first-order valence-corrected chi connectivity index (χ1v) is 5.83. The lowest BCUT2D eigenvalue weighted by Crippen LogP contribution is -2.03. The molecule has 0 heterocycles. The number of phenolic OH excluding ortho intramolecular Hbond substituents is 2. The van der Waals surface area contributed by atoms with E-state index < -0.39 is 0 Å². The summed E-state index contributed by atoms with van der Waals surface area (Å²) in [6.45, 7) is 2.11. The summed E-state index contributed by atoms with van der Waals surface area (Å²) in [5, 5.41) is 17.5. The molecule has 2 aromatic carbocycles. The van der Waals surface area contributed by atoms with Gasteiger partial charge in [0.05, 0.1) is 12.2 Å². The number of ether oxygens (including phenoxy) is 1. The number of rotatable bonds is 2. The van der Waals surface area contributed by atoms with E-state index in [1.807, 2.05) is 6.07 Å². The highest BCUT2D eigenvalue weighted by atomic mass is 16.5. The lowest BCUT2D eigenvalue weighted by Gasteiger charge is -2.00. The minimum Gasteiger partial charge on any atom is -0.508 e. The van der Waals surface area contributed by atoms with E-state index in [1.165, 1.54) is 24.3 Å². The van der Waals surface area contributed by atoms with Crippen LogP contribution < -0.4 is 0 Å². The zero-order valence-electron chi connectivity index (χ0n) is 10.6. The van der Waals surface area contributed by atoms with Crippen molar-refractivity contribution < 1.29 is 19.7 Å². The molecular weight excluding hydrogens is 244 g/mol.